The lowest BCUT2D eigenvalue weighted by molar-refractivity contribution is 0.588. The Morgan fingerprint density at radius 3 is 2.61 bits per heavy atom. The van der Waals surface area contributed by atoms with Crippen LogP contribution in [-0.2, 0) is 0 Å². The molecule has 94 valence electrons. The van der Waals surface area contributed by atoms with Crippen LogP contribution >= 0.6 is 31.9 Å². The van der Waals surface area contributed by atoms with Crippen molar-refractivity contribution in [2.75, 3.05) is 0 Å². The number of halogens is 3. The first-order valence-corrected chi connectivity index (χ1v) is 7.31. The minimum atomic E-state index is -0.220. The van der Waals surface area contributed by atoms with Gasteiger partial charge in [0.05, 0.1) is 9.30 Å². The van der Waals surface area contributed by atoms with Gasteiger partial charge in [-0.15, -0.1) is 0 Å². The SMILES string of the molecule is CC(c1ccccn1)C(Br)c1cccc(Br)c1F. The molecule has 1 nitrogen and oxygen atoms in total. The third-order valence-corrected chi connectivity index (χ3v) is 4.77. The van der Waals surface area contributed by atoms with Gasteiger partial charge in [0, 0.05) is 23.4 Å². The Labute approximate surface area is 123 Å². The summed E-state index contributed by atoms with van der Waals surface area (Å²) in [7, 11) is 0. The fraction of sp³-hybridized carbons (Fsp3) is 0.214. The standard InChI is InChI=1S/C14H12Br2FN/c1-9(12-7-2-3-8-18-12)13(16)10-5-4-6-11(15)14(10)17/h2-9,13H,1H3. The van der Waals surface area contributed by atoms with Crippen molar-refractivity contribution in [3.8, 4) is 0 Å². The minimum absolute atomic E-state index is 0.0926. The van der Waals surface area contributed by atoms with Gasteiger partial charge >= 0.3 is 0 Å². The fourth-order valence-electron chi connectivity index (χ4n) is 1.80. The van der Waals surface area contributed by atoms with E-state index in [1.54, 1.807) is 18.3 Å². The van der Waals surface area contributed by atoms with E-state index in [4.69, 9.17) is 0 Å². The molecule has 0 bridgehead atoms. The predicted octanol–water partition coefficient (Wildman–Crippen LogP) is 5.22. The van der Waals surface area contributed by atoms with Gasteiger partial charge in [0.15, 0.2) is 0 Å². The molecule has 2 aromatic rings. The molecule has 2 rings (SSSR count). The second-order valence-electron chi connectivity index (χ2n) is 4.09. The maximum absolute atomic E-state index is 14.0. The summed E-state index contributed by atoms with van der Waals surface area (Å²) in [5.74, 6) is -0.128. The molecule has 0 saturated heterocycles. The van der Waals surface area contributed by atoms with E-state index in [1.807, 2.05) is 31.2 Å². The number of alkyl halides is 1. The molecular weight excluding hydrogens is 361 g/mol. The average molecular weight is 373 g/mol. The van der Waals surface area contributed by atoms with Gasteiger partial charge < -0.3 is 0 Å². The van der Waals surface area contributed by atoms with Crippen LogP contribution in [0.2, 0.25) is 0 Å². The van der Waals surface area contributed by atoms with E-state index in [0.29, 0.717) is 10.0 Å². The van der Waals surface area contributed by atoms with Crippen LogP contribution in [0.3, 0.4) is 0 Å². The van der Waals surface area contributed by atoms with Crippen molar-refractivity contribution in [2.24, 2.45) is 0 Å². The van der Waals surface area contributed by atoms with E-state index in [1.165, 1.54) is 0 Å². The Bertz CT molecular complexity index is 531. The molecule has 0 N–H and O–H groups in total. The van der Waals surface area contributed by atoms with Gasteiger partial charge in [0.1, 0.15) is 5.82 Å². The van der Waals surface area contributed by atoms with Crippen LogP contribution in [0.1, 0.15) is 28.9 Å². The fourth-order valence-corrected chi connectivity index (χ4v) is 2.80. The molecule has 0 aliphatic heterocycles. The van der Waals surface area contributed by atoms with Gasteiger partial charge in [0.2, 0.25) is 0 Å². The van der Waals surface area contributed by atoms with Crippen molar-refractivity contribution in [3.63, 3.8) is 0 Å². The summed E-state index contributed by atoms with van der Waals surface area (Å²) in [5, 5.41) is 0. The summed E-state index contributed by atoms with van der Waals surface area (Å²) in [6, 6.07) is 11.1. The van der Waals surface area contributed by atoms with Gasteiger partial charge in [-0.25, -0.2) is 4.39 Å². The molecule has 0 saturated carbocycles. The Morgan fingerprint density at radius 2 is 1.94 bits per heavy atom. The first-order valence-electron chi connectivity index (χ1n) is 5.60. The summed E-state index contributed by atoms with van der Waals surface area (Å²) >= 11 is 6.78. The summed E-state index contributed by atoms with van der Waals surface area (Å²) in [6.07, 6.45) is 1.75. The molecule has 2 unspecified atom stereocenters. The van der Waals surface area contributed by atoms with Crippen LogP contribution in [-0.4, -0.2) is 4.98 Å². The maximum Gasteiger partial charge on any atom is 0.141 e. The molecule has 2 atom stereocenters. The van der Waals surface area contributed by atoms with E-state index in [-0.39, 0.29) is 16.6 Å². The van der Waals surface area contributed by atoms with Gasteiger partial charge in [-0.2, -0.15) is 0 Å². The Morgan fingerprint density at radius 1 is 1.17 bits per heavy atom. The van der Waals surface area contributed by atoms with Crippen molar-refractivity contribution in [2.45, 2.75) is 17.7 Å². The molecule has 1 aromatic carbocycles. The maximum atomic E-state index is 14.0. The Kier molecular flexibility index (Phi) is 4.51. The minimum Gasteiger partial charge on any atom is -0.261 e. The van der Waals surface area contributed by atoms with Crippen molar-refractivity contribution in [1.29, 1.82) is 0 Å². The molecular formula is C14H12Br2FN. The van der Waals surface area contributed by atoms with Crippen LogP contribution in [0.5, 0.6) is 0 Å². The van der Waals surface area contributed by atoms with Gasteiger partial charge in [-0.3, -0.25) is 4.98 Å². The number of rotatable bonds is 3. The number of nitrogens with zero attached hydrogens (tertiary/aromatic N) is 1. The van der Waals surface area contributed by atoms with Crippen molar-refractivity contribution in [1.82, 2.24) is 4.98 Å². The van der Waals surface area contributed by atoms with Crippen LogP contribution < -0.4 is 0 Å². The lowest BCUT2D eigenvalue weighted by Crippen LogP contribution is -2.06. The highest BCUT2D eigenvalue weighted by molar-refractivity contribution is 9.10. The molecule has 0 aliphatic rings. The molecule has 0 spiro atoms. The zero-order valence-electron chi connectivity index (χ0n) is 9.78. The summed E-state index contributed by atoms with van der Waals surface area (Å²) in [6.45, 7) is 2.03. The van der Waals surface area contributed by atoms with Gasteiger partial charge in [-0.1, -0.05) is 41.1 Å². The number of benzene rings is 1. The Balaban J connectivity index is 2.31. The van der Waals surface area contributed by atoms with E-state index in [9.17, 15) is 4.39 Å². The summed E-state index contributed by atoms with van der Waals surface area (Å²) in [4.78, 5) is 4.21. The topological polar surface area (TPSA) is 12.9 Å². The molecule has 0 aliphatic carbocycles. The van der Waals surface area contributed by atoms with Crippen molar-refractivity contribution < 1.29 is 4.39 Å². The molecule has 0 fully saturated rings. The quantitative estimate of drug-likeness (QED) is 0.673. The van der Waals surface area contributed by atoms with E-state index in [2.05, 4.69) is 36.8 Å². The predicted molar refractivity (Wildman–Crippen MR) is 78.4 cm³/mol. The van der Waals surface area contributed by atoms with Crippen LogP contribution in [0.15, 0.2) is 47.1 Å². The van der Waals surface area contributed by atoms with Gasteiger partial charge in [0.25, 0.3) is 0 Å². The van der Waals surface area contributed by atoms with E-state index >= 15 is 0 Å². The third kappa shape index (κ3) is 2.81. The molecule has 1 aromatic heterocycles. The normalized spacial score (nSPS) is 14.2. The molecule has 0 radical (unpaired) electrons. The average Bonchev–Trinajstić information content (AvgIpc) is 2.41. The highest BCUT2D eigenvalue weighted by Crippen LogP contribution is 2.39. The van der Waals surface area contributed by atoms with Crippen LogP contribution in [0, 0.1) is 5.82 Å². The smallest absolute Gasteiger partial charge is 0.141 e. The highest BCUT2D eigenvalue weighted by atomic mass is 79.9. The Hall–Kier alpha value is -0.740. The van der Waals surface area contributed by atoms with Gasteiger partial charge in [-0.05, 0) is 34.1 Å². The second-order valence-corrected chi connectivity index (χ2v) is 5.93. The molecule has 1 heterocycles. The largest absolute Gasteiger partial charge is 0.261 e. The van der Waals surface area contributed by atoms with E-state index < -0.39 is 0 Å². The van der Waals surface area contributed by atoms with Crippen molar-refractivity contribution >= 4 is 31.9 Å². The number of aromatic nitrogens is 1. The number of hydrogen-bond acceptors (Lipinski definition) is 1. The number of hydrogen-bond donors (Lipinski definition) is 0. The summed E-state index contributed by atoms with van der Waals surface area (Å²) < 4.78 is 14.5. The monoisotopic (exact) mass is 371 g/mol. The lowest BCUT2D eigenvalue weighted by atomic mass is 9.97. The third-order valence-electron chi connectivity index (χ3n) is 2.87. The zero-order chi connectivity index (χ0) is 13.1. The van der Waals surface area contributed by atoms with Crippen LogP contribution in [0.4, 0.5) is 4.39 Å². The van der Waals surface area contributed by atoms with Crippen LogP contribution in [0.25, 0.3) is 0 Å². The lowest BCUT2D eigenvalue weighted by Gasteiger charge is -2.19. The first kappa shape index (κ1) is 13.7. The zero-order valence-corrected chi connectivity index (χ0v) is 12.9. The molecule has 18 heavy (non-hydrogen) atoms. The molecule has 0 amide bonds. The number of pyridine rings is 1. The molecule has 4 heteroatoms. The van der Waals surface area contributed by atoms with E-state index in [0.717, 1.165) is 5.69 Å². The summed E-state index contributed by atoms with van der Waals surface area (Å²) in [5.41, 5.74) is 1.58. The second kappa shape index (κ2) is 5.93. The first-order chi connectivity index (χ1) is 8.61. The highest BCUT2D eigenvalue weighted by Gasteiger charge is 2.22. The van der Waals surface area contributed by atoms with Crippen molar-refractivity contribution in [3.05, 3.63) is 64.1 Å².